The Labute approximate surface area is 160 Å². The largest absolute Gasteiger partial charge is 0.457 e. The van der Waals surface area contributed by atoms with Crippen LogP contribution in [-0.2, 0) is 47.7 Å². The van der Waals surface area contributed by atoms with Crippen LogP contribution in [0.15, 0.2) is 0 Å². The second kappa shape index (κ2) is 9.54. The zero-order chi connectivity index (χ0) is 20.9. The second-order valence-corrected chi connectivity index (χ2v) is 6.32. The predicted octanol–water partition coefficient (Wildman–Crippen LogP) is 0.266. The first kappa shape index (κ1) is 22.7. The monoisotopic (exact) mass is 408 g/mol. The summed E-state index contributed by atoms with van der Waals surface area (Å²) < 4.78 is 25.7. The molecule has 11 heteroatoms. The van der Waals surface area contributed by atoms with Crippen molar-refractivity contribution >= 4 is 41.4 Å². The van der Waals surface area contributed by atoms with E-state index in [1.807, 2.05) is 0 Å². The highest BCUT2D eigenvalue weighted by atomic mass is 35.5. The van der Waals surface area contributed by atoms with Gasteiger partial charge in [0.05, 0.1) is 0 Å². The third kappa shape index (κ3) is 6.38. The Balaban J connectivity index is 3.46. The molecule has 1 fully saturated rings. The van der Waals surface area contributed by atoms with E-state index in [0.29, 0.717) is 0 Å². The van der Waals surface area contributed by atoms with Crippen molar-refractivity contribution in [2.75, 3.05) is 0 Å². The van der Waals surface area contributed by atoms with E-state index in [9.17, 15) is 24.0 Å². The van der Waals surface area contributed by atoms with Crippen molar-refractivity contribution in [3.8, 4) is 0 Å². The maximum Gasteiger partial charge on any atom is 0.303 e. The van der Waals surface area contributed by atoms with Crippen LogP contribution in [0.5, 0.6) is 0 Å². The number of hydrogen-bond donors (Lipinski definition) is 0. The summed E-state index contributed by atoms with van der Waals surface area (Å²) in [5, 5.41) is -1.27. The van der Waals surface area contributed by atoms with Gasteiger partial charge in [0.1, 0.15) is 5.38 Å². The molecule has 0 bridgehead atoms. The molecule has 0 aromatic rings. The van der Waals surface area contributed by atoms with Crippen molar-refractivity contribution < 1.29 is 47.7 Å². The number of carbonyl (C=O) groups excluding carboxylic acids is 5. The fourth-order valence-corrected chi connectivity index (χ4v) is 3.12. The SMILES string of the molecule is CC(=O)OC1[C@@H](OC(C)=O)[C@H](OC(C)=O)C(Cl)[C@H](OC(C)=O)[C@H]1OC(C)=O. The Morgan fingerprint density at radius 1 is 0.481 bits per heavy atom. The molecule has 152 valence electrons. The van der Waals surface area contributed by atoms with Crippen LogP contribution in [0.25, 0.3) is 0 Å². The minimum atomic E-state index is -1.43. The number of rotatable bonds is 5. The van der Waals surface area contributed by atoms with E-state index in [-0.39, 0.29) is 0 Å². The van der Waals surface area contributed by atoms with Gasteiger partial charge >= 0.3 is 29.8 Å². The van der Waals surface area contributed by atoms with E-state index in [1.165, 1.54) is 0 Å². The van der Waals surface area contributed by atoms with Crippen molar-refractivity contribution in [1.82, 2.24) is 0 Å². The molecule has 0 aromatic carbocycles. The number of esters is 5. The van der Waals surface area contributed by atoms with E-state index in [4.69, 9.17) is 35.3 Å². The van der Waals surface area contributed by atoms with Crippen LogP contribution in [0, 0.1) is 0 Å². The van der Waals surface area contributed by atoms with Crippen LogP contribution in [0.4, 0.5) is 0 Å². The lowest BCUT2D eigenvalue weighted by Crippen LogP contribution is -2.66. The molecule has 1 saturated carbocycles. The van der Waals surface area contributed by atoms with Gasteiger partial charge in [-0.05, 0) is 0 Å². The fraction of sp³-hybridized carbons (Fsp3) is 0.688. The van der Waals surface area contributed by atoms with Crippen molar-refractivity contribution in [1.29, 1.82) is 0 Å². The first-order valence-corrected chi connectivity index (χ1v) is 8.37. The molecule has 10 nitrogen and oxygen atoms in total. The molecule has 0 N–H and O–H groups in total. The summed E-state index contributed by atoms with van der Waals surface area (Å²) in [6.07, 6.45) is -6.90. The average Bonchev–Trinajstić information content (AvgIpc) is 2.49. The maximum atomic E-state index is 11.6. The van der Waals surface area contributed by atoms with Crippen LogP contribution in [0.3, 0.4) is 0 Å². The molecule has 0 spiro atoms. The van der Waals surface area contributed by atoms with Crippen LogP contribution in [0.2, 0.25) is 0 Å². The highest BCUT2D eigenvalue weighted by Crippen LogP contribution is 2.35. The molecule has 0 heterocycles. The van der Waals surface area contributed by atoms with Gasteiger partial charge in [-0.25, -0.2) is 0 Å². The van der Waals surface area contributed by atoms with Crippen molar-refractivity contribution in [3.05, 3.63) is 0 Å². The lowest BCUT2D eigenvalue weighted by atomic mass is 9.85. The van der Waals surface area contributed by atoms with E-state index >= 15 is 0 Å². The number of halogens is 1. The maximum absolute atomic E-state index is 11.6. The van der Waals surface area contributed by atoms with Gasteiger partial charge < -0.3 is 23.7 Å². The molecular formula is C16H21ClO10. The topological polar surface area (TPSA) is 132 Å². The fourth-order valence-electron chi connectivity index (χ4n) is 2.73. The van der Waals surface area contributed by atoms with Gasteiger partial charge in [0, 0.05) is 34.6 Å². The zero-order valence-electron chi connectivity index (χ0n) is 15.4. The van der Waals surface area contributed by atoms with Gasteiger partial charge in [0.15, 0.2) is 30.5 Å². The molecule has 0 saturated heterocycles. The van der Waals surface area contributed by atoms with Crippen molar-refractivity contribution in [2.24, 2.45) is 0 Å². The summed E-state index contributed by atoms with van der Waals surface area (Å²) in [6, 6.07) is 0. The summed E-state index contributed by atoms with van der Waals surface area (Å²) >= 11 is 6.32. The van der Waals surface area contributed by atoms with E-state index in [2.05, 4.69) is 0 Å². The van der Waals surface area contributed by atoms with Gasteiger partial charge in [-0.3, -0.25) is 24.0 Å². The number of ether oxygens (including phenoxy) is 5. The second-order valence-electron chi connectivity index (χ2n) is 5.81. The summed E-state index contributed by atoms with van der Waals surface area (Å²) in [5.74, 6) is -3.91. The third-order valence-corrected chi connectivity index (χ3v) is 3.93. The third-order valence-electron chi connectivity index (χ3n) is 3.43. The molecule has 0 aliphatic heterocycles. The first-order valence-electron chi connectivity index (χ1n) is 7.94. The quantitative estimate of drug-likeness (QED) is 0.354. The Hall–Kier alpha value is -2.36. The van der Waals surface area contributed by atoms with Crippen molar-refractivity contribution in [2.45, 2.75) is 70.5 Å². The molecular weight excluding hydrogens is 388 g/mol. The Morgan fingerprint density at radius 2 is 0.667 bits per heavy atom. The number of carbonyl (C=O) groups is 5. The number of hydrogen-bond acceptors (Lipinski definition) is 10. The Bertz CT molecular complexity index is 574. The van der Waals surface area contributed by atoms with Gasteiger partial charge in [-0.2, -0.15) is 0 Å². The van der Waals surface area contributed by atoms with Crippen LogP contribution < -0.4 is 0 Å². The molecule has 27 heavy (non-hydrogen) atoms. The Kier molecular flexibility index (Phi) is 8.01. The molecule has 0 aromatic heterocycles. The van der Waals surface area contributed by atoms with Gasteiger partial charge in [-0.15, -0.1) is 11.6 Å². The zero-order valence-corrected chi connectivity index (χ0v) is 16.2. The number of alkyl halides is 1. The summed E-state index contributed by atoms with van der Waals surface area (Å²) in [4.78, 5) is 57.6. The van der Waals surface area contributed by atoms with Crippen LogP contribution in [-0.4, -0.2) is 65.7 Å². The van der Waals surface area contributed by atoms with Crippen LogP contribution >= 0.6 is 11.6 Å². The van der Waals surface area contributed by atoms with E-state index in [0.717, 1.165) is 34.6 Å². The normalized spacial score (nSPS) is 29.9. The highest BCUT2D eigenvalue weighted by Gasteiger charge is 2.58. The van der Waals surface area contributed by atoms with E-state index < -0.39 is 65.7 Å². The summed E-state index contributed by atoms with van der Waals surface area (Å²) in [7, 11) is 0. The minimum absolute atomic E-state index is 0.767. The average molecular weight is 409 g/mol. The molecule has 1 rings (SSSR count). The molecule has 0 amide bonds. The standard InChI is InChI=1S/C16H21ClO10/c1-6(18)23-12-11(17)13(24-7(2)19)15(26-9(4)21)16(27-10(5)22)14(12)25-8(3)20/h11-16H,1-5H3/t11?,12-,13+,14+,15-,16?. The lowest BCUT2D eigenvalue weighted by molar-refractivity contribution is -0.228. The predicted molar refractivity (Wildman–Crippen MR) is 87.4 cm³/mol. The lowest BCUT2D eigenvalue weighted by Gasteiger charge is -2.45. The van der Waals surface area contributed by atoms with Crippen molar-refractivity contribution in [3.63, 3.8) is 0 Å². The first-order chi connectivity index (χ1) is 12.4. The molecule has 6 atom stereocenters. The van der Waals surface area contributed by atoms with Gasteiger partial charge in [-0.1, -0.05) is 0 Å². The summed E-state index contributed by atoms with van der Waals surface area (Å²) in [5.41, 5.74) is 0. The summed E-state index contributed by atoms with van der Waals surface area (Å²) in [6.45, 7) is 5.42. The van der Waals surface area contributed by atoms with Gasteiger partial charge in [0.25, 0.3) is 0 Å². The molecule has 1 aliphatic carbocycles. The highest BCUT2D eigenvalue weighted by molar-refractivity contribution is 6.21. The molecule has 0 radical (unpaired) electrons. The van der Waals surface area contributed by atoms with Crippen LogP contribution in [0.1, 0.15) is 34.6 Å². The van der Waals surface area contributed by atoms with E-state index in [1.54, 1.807) is 0 Å². The molecule has 2 unspecified atom stereocenters. The molecule has 1 aliphatic rings. The van der Waals surface area contributed by atoms with Gasteiger partial charge in [0.2, 0.25) is 0 Å². The Morgan fingerprint density at radius 3 is 0.889 bits per heavy atom. The smallest absolute Gasteiger partial charge is 0.303 e. The minimum Gasteiger partial charge on any atom is -0.457 e.